The molecule has 0 fully saturated rings. The van der Waals surface area contributed by atoms with Gasteiger partial charge in [-0.05, 0) is 61.4 Å². The van der Waals surface area contributed by atoms with E-state index in [0.717, 1.165) is 30.2 Å². The van der Waals surface area contributed by atoms with E-state index in [1.165, 1.54) is 24.1 Å². The maximum Gasteiger partial charge on any atom is 0.262 e. The van der Waals surface area contributed by atoms with Crippen LogP contribution in [-0.4, -0.2) is 13.6 Å². The number of sulfonamides is 1. The highest BCUT2D eigenvalue weighted by molar-refractivity contribution is 7.89. The molecule has 0 spiro atoms. The third-order valence-electron chi connectivity index (χ3n) is 5.19. The van der Waals surface area contributed by atoms with Crippen LogP contribution in [0, 0.1) is 0 Å². The normalized spacial score (nSPS) is 16.0. The predicted octanol–water partition coefficient (Wildman–Crippen LogP) is 5.15. The lowest BCUT2D eigenvalue weighted by Gasteiger charge is -2.17. The van der Waals surface area contributed by atoms with Gasteiger partial charge in [0.15, 0.2) is 5.58 Å². The monoisotopic (exact) mass is 412 g/mol. The molecule has 0 amide bonds. The second-order valence-corrected chi connectivity index (χ2v) is 8.78. The summed E-state index contributed by atoms with van der Waals surface area (Å²) < 4.78 is 30.6. The summed E-state index contributed by atoms with van der Waals surface area (Å²) >= 11 is 0. The van der Waals surface area contributed by atoms with Gasteiger partial charge in [0, 0.05) is 0 Å². The summed E-state index contributed by atoms with van der Waals surface area (Å²) in [5, 5.41) is 5.13. The van der Waals surface area contributed by atoms with Crippen LogP contribution in [0.25, 0.3) is 16.5 Å². The molecule has 1 aromatic heterocycles. The molecular formula is C22H24N2O4S. The summed E-state index contributed by atoms with van der Waals surface area (Å²) in [7, 11) is -3.78. The van der Waals surface area contributed by atoms with Crippen molar-refractivity contribution >= 4 is 26.6 Å². The van der Waals surface area contributed by atoms with Crippen molar-refractivity contribution in [3.8, 4) is 0 Å². The zero-order valence-electron chi connectivity index (χ0n) is 16.3. The number of benzene rings is 2. The molecule has 6 nitrogen and oxygen atoms in total. The van der Waals surface area contributed by atoms with E-state index in [2.05, 4.69) is 22.2 Å². The average Bonchev–Trinajstić information content (AvgIpc) is 3.20. The molecule has 7 heteroatoms. The number of allylic oxidation sites excluding steroid dienone is 2. The van der Waals surface area contributed by atoms with Gasteiger partial charge in [-0.3, -0.25) is 4.84 Å². The fourth-order valence-electron chi connectivity index (χ4n) is 3.69. The molecule has 1 aliphatic carbocycles. The van der Waals surface area contributed by atoms with Crippen LogP contribution in [0.2, 0.25) is 0 Å². The van der Waals surface area contributed by atoms with Crippen molar-refractivity contribution in [1.29, 1.82) is 0 Å². The van der Waals surface area contributed by atoms with Gasteiger partial charge in [0.25, 0.3) is 10.0 Å². The molecule has 0 radical (unpaired) electrons. The molecule has 152 valence electrons. The molecule has 1 unspecified atom stereocenters. The fourth-order valence-corrected chi connectivity index (χ4v) is 4.54. The lowest BCUT2D eigenvalue weighted by Crippen LogP contribution is -2.26. The van der Waals surface area contributed by atoms with E-state index < -0.39 is 16.1 Å². The highest BCUT2D eigenvalue weighted by Gasteiger charge is 2.25. The summed E-state index contributed by atoms with van der Waals surface area (Å²) in [6.45, 7) is 1.92. The lowest BCUT2D eigenvalue weighted by molar-refractivity contribution is 0.0104. The smallest absolute Gasteiger partial charge is 0.262 e. The van der Waals surface area contributed by atoms with Crippen molar-refractivity contribution in [2.45, 2.75) is 50.0 Å². The minimum atomic E-state index is -3.78. The van der Waals surface area contributed by atoms with Gasteiger partial charge in [-0.15, -0.1) is 0 Å². The second-order valence-electron chi connectivity index (χ2n) is 7.14. The molecule has 1 N–H and O–H groups in total. The first kappa shape index (κ1) is 19.8. The third kappa shape index (κ3) is 4.12. The number of nitrogens with zero attached hydrogens (tertiary/aromatic N) is 1. The molecule has 1 aliphatic rings. The van der Waals surface area contributed by atoms with Crippen molar-refractivity contribution in [2.75, 3.05) is 0 Å². The quantitative estimate of drug-likeness (QED) is 0.543. The first-order valence-corrected chi connectivity index (χ1v) is 11.4. The Morgan fingerprint density at radius 3 is 2.69 bits per heavy atom. The zero-order valence-corrected chi connectivity index (χ0v) is 17.1. The first-order chi connectivity index (χ1) is 14.1. The number of hydrogen-bond donors (Lipinski definition) is 1. The highest BCUT2D eigenvalue weighted by Crippen LogP contribution is 2.36. The Bertz CT molecular complexity index is 1120. The molecular weight excluding hydrogens is 388 g/mol. The standard InChI is InChI=1S/C22H24N2O4S/c1-2-19(28-24-29(25,26)17-12-7-4-8-13-17)22-21-18(16-10-5-3-6-11-16)14-9-15-20(21)27-23-22/h4,7-10,12-15,19,24H,2-3,5-6,11H2,1H3. The van der Waals surface area contributed by atoms with Crippen molar-refractivity contribution in [2.24, 2.45) is 0 Å². The molecule has 0 saturated heterocycles. The second kappa shape index (κ2) is 8.49. The van der Waals surface area contributed by atoms with Crippen molar-refractivity contribution in [3.05, 3.63) is 65.9 Å². The van der Waals surface area contributed by atoms with E-state index in [1.807, 2.05) is 19.1 Å². The van der Waals surface area contributed by atoms with Crippen LogP contribution in [0.4, 0.5) is 0 Å². The number of fused-ring (bicyclic) bond motifs is 1. The van der Waals surface area contributed by atoms with E-state index in [1.54, 1.807) is 18.2 Å². The van der Waals surface area contributed by atoms with E-state index in [-0.39, 0.29) is 4.90 Å². The molecule has 4 rings (SSSR count). The zero-order chi connectivity index (χ0) is 20.3. The van der Waals surface area contributed by atoms with Gasteiger partial charge in [0.05, 0.1) is 10.3 Å². The van der Waals surface area contributed by atoms with Crippen LogP contribution in [0.5, 0.6) is 0 Å². The Hall–Kier alpha value is -2.48. The molecule has 0 aliphatic heterocycles. The number of rotatable bonds is 7. The maximum atomic E-state index is 12.5. The molecule has 1 atom stereocenters. The number of nitrogens with one attached hydrogen (secondary N) is 1. The Balaban J connectivity index is 1.65. The molecule has 1 heterocycles. The van der Waals surface area contributed by atoms with E-state index in [9.17, 15) is 8.42 Å². The lowest BCUT2D eigenvalue weighted by atomic mass is 9.90. The molecule has 3 aromatic rings. The topological polar surface area (TPSA) is 81.4 Å². The Kier molecular flexibility index (Phi) is 5.80. The molecule has 2 aromatic carbocycles. The maximum absolute atomic E-state index is 12.5. The Morgan fingerprint density at radius 1 is 1.14 bits per heavy atom. The largest absolute Gasteiger partial charge is 0.356 e. The fraction of sp³-hybridized carbons (Fsp3) is 0.318. The summed E-state index contributed by atoms with van der Waals surface area (Å²) in [6, 6.07) is 14.0. The number of aromatic nitrogens is 1. The van der Waals surface area contributed by atoms with Gasteiger partial charge in [0.1, 0.15) is 11.8 Å². The SMILES string of the molecule is CCC(ONS(=O)(=O)c1ccccc1)c1noc2cccc(C3=CCCCC3)c12. The van der Waals surface area contributed by atoms with Gasteiger partial charge < -0.3 is 4.52 Å². The predicted molar refractivity (Wildman–Crippen MR) is 111 cm³/mol. The molecule has 0 saturated carbocycles. The van der Waals surface area contributed by atoms with Crippen molar-refractivity contribution in [1.82, 2.24) is 10.0 Å². The van der Waals surface area contributed by atoms with Gasteiger partial charge in [0.2, 0.25) is 0 Å². The van der Waals surface area contributed by atoms with E-state index in [0.29, 0.717) is 17.7 Å². The average molecular weight is 413 g/mol. The minimum absolute atomic E-state index is 0.146. The highest BCUT2D eigenvalue weighted by atomic mass is 32.2. The van der Waals surface area contributed by atoms with Crippen LogP contribution in [0.1, 0.15) is 56.4 Å². The summed E-state index contributed by atoms with van der Waals surface area (Å²) in [4.78, 5) is 8.03. The Labute approximate surface area is 170 Å². The molecule has 0 bridgehead atoms. The van der Waals surface area contributed by atoms with Crippen molar-refractivity contribution in [3.63, 3.8) is 0 Å². The molecule has 29 heavy (non-hydrogen) atoms. The third-order valence-corrected chi connectivity index (χ3v) is 6.40. The van der Waals surface area contributed by atoms with E-state index >= 15 is 0 Å². The van der Waals surface area contributed by atoms with Gasteiger partial charge in [-0.1, -0.05) is 53.4 Å². The van der Waals surface area contributed by atoms with Gasteiger partial charge >= 0.3 is 0 Å². The van der Waals surface area contributed by atoms with Crippen molar-refractivity contribution < 1.29 is 17.8 Å². The minimum Gasteiger partial charge on any atom is -0.356 e. The Morgan fingerprint density at radius 2 is 1.97 bits per heavy atom. The summed E-state index contributed by atoms with van der Waals surface area (Å²) in [5.74, 6) is 0. The van der Waals surface area contributed by atoms with Crippen LogP contribution >= 0.6 is 0 Å². The van der Waals surface area contributed by atoms with Crippen LogP contribution in [-0.2, 0) is 14.9 Å². The van der Waals surface area contributed by atoms with Crippen LogP contribution < -0.4 is 4.89 Å². The van der Waals surface area contributed by atoms with Crippen LogP contribution in [0.15, 0.2) is 64.0 Å². The van der Waals surface area contributed by atoms with Crippen LogP contribution in [0.3, 0.4) is 0 Å². The van der Waals surface area contributed by atoms with Gasteiger partial charge in [-0.2, -0.15) is 0 Å². The van der Waals surface area contributed by atoms with Gasteiger partial charge in [-0.25, -0.2) is 8.42 Å². The summed E-state index contributed by atoms with van der Waals surface area (Å²) in [5.41, 5.74) is 3.66. The first-order valence-electron chi connectivity index (χ1n) is 9.90. The summed E-state index contributed by atoms with van der Waals surface area (Å²) in [6.07, 6.45) is 6.69. The van der Waals surface area contributed by atoms with E-state index in [4.69, 9.17) is 9.36 Å². The number of hydrogen-bond acceptors (Lipinski definition) is 5.